The monoisotopic (exact) mass is 381 g/mol. The minimum Gasteiger partial charge on any atom is -0.454 e. The molecule has 2 aromatic heterocycles. The third-order valence-electron chi connectivity index (χ3n) is 4.75. The molecule has 0 saturated carbocycles. The van der Waals surface area contributed by atoms with Gasteiger partial charge in [0.2, 0.25) is 6.79 Å². The zero-order valence-corrected chi connectivity index (χ0v) is 15.0. The fourth-order valence-corrected chi connectivity index (χ4v) is 4.38. The quantitative estimate of drug-likeness (QED) is 0.705. The summed E-state index contributed by atoms with van der Waals surface area (Å²) >= 11 is 1.24. The molecule has 0 spiro atoms. The molecule has 0 fully saturated rings. The molecule has 1 amide bonds. The van der Waals surface area contributed by atoms with E-state index in [0.717, 1.165) is 18.5 Å². The number of carbonyl (C=O) groups excluding carboxylic acids is 2. The van der Waals surface area contributed by atoms with Crippen LogP contribution in [0.4, 0.5) is 11.4 Å². The van der Waals surface area contributed by atoms with Crippen molar-refractivity contribution in [3.8, 4) is 11.5 Å². The van der Waals surface area contributed by atoms with Crippen LogP contribution in [0, 0.1) is 0 Å². The molecule has 8 heteroatoms. The minimum absolute atomic E-state index is 0.0858. The summed E-state index contributed by atoms with van der Waals surface area (Å²) in [5, 5.41) is 3.49. The maximum atomic E-state index is 12.7. The lowest BCUT2D eigenvalue weighted by atomic mass is 9.94. The molecular weight excluding hydrogens is 366 g/mol. The van der Waals surface area contributed by atoms with Crippen LogP contribution in [0.25, 0.3) is 10.2 Å². The Labute approximate surface area is 158 Å². The summed E-state index contributed by atoms with van der Waals surface area (Å²) in [4.78, 5) is 30.5. The molecule has 0 saturated heterocycles. The first-order valence-corrected chi connectivity index (χ1v) is 9.38. The second-order valence-electron chi connectivity index (χ2n) is 6.48. The number of ketones is 1. The summed E-state index contributed by atoms with van der Waals surface area (Å²) in [5.41, 5.74) is 8.57. The number of nitrogens with two attached hydrogens (primary N) is 1. The predicted octanol–water partition coefficient (Wildman–Crippen LogP) is 3.38. The van der Waals surface area contributed by atoms with Crippen LogP contribution in [-0.2, 0) is 6.42 Å². The molecule has 1 aliphatic carbocycles. The van der Waals surface area contributed by atoms with Crippen LogP contribution in [0.15, 0.2) is 24.3 Å². The van der Waals surface area contributed by atoms with Gasteiger partial charge >= 0.3 is 0 Å². The number of nitrogen functional groups attached to an aromatic ring is 1. The Kier molecular flexibility index (Phi) is 3.54. The molecule has 7 nitrogen and oxygen atoms in total. The van der Waals surface area contributed by atoms with Crippen molar-refractivity contribution >= 4 is 44.6 Å². The van der Waals surface area contributed by atoms with Crippen LogP contribution < -0.4 is 20.5 Å². The summed E-state index contributed by atoms with van der Waals surface area (Å²) in [6, 6.07) is 6.97. The van der Waals surface area contributed by atoms with Gasteiger partial charge in [-0.15, -0.1) is 11.3 Å². The number of aromatic nitrogens is 1. The highest BCUT2D eigenvalue weighted by atomic mass is 32.1. The molecule has 136 valence electrons. The van der Waals surface area contributed by atoms with E-state index in [9.17, 15) is 9.59 Å². The number of ether oxygens (including phenoxy) is 2. The minimum atomic E-state index is -0.321. The topological polar surface area (TPSA) is 104 Å². The molecule has 0 bridgehead atoms. The van der Waals surface area contributed by atoms with Gasteiger partial charge in [0.25, 0.3) is 5.91 Å². The Morgan fingerprint density at radius 3 is 2.93 bits per heavy atom. The number of aryl methyl sites for hydroxylation is 1. The largest absolute Gasteiger partial charge is 0.454 e. The highest BCUT2D eigenvalue weighted by Gasteiger charge is 2.24. The third kappa shape index (κ3) is 2.60. The summed E-state index contributed by atoms with van der Waals surface area (Å²) in [5.74, 6) is 1.00. The van der Waals surface area contributed by atoms with E-state index in [4.69, 9.17) is 15.2 Å². The highest BCUT2D eigenvalue weighted by molar-refractivity contribution is 7.21. The Hall–Kier alpha value is -3.13. The second kappa shape index (κ2) is 5.95. The van der Waals surface area contributed by atoms with Gasteiger partial charge in [0.05, 0.1) is 11.4 Å². The van der Waals surface area contributed by atoms with Crippen molar-refractivity contribution < 1.29 is 19.1 Å². The molecule has 0 atom stereocenters. The zero-order valence-electron chi connectivity index (χ0n) is 14.2. The number of pyridine rings is 1. The van der Waals surface area contributed by atoms with Gasteiger partial charge in [-0.25, -0.2) is 4.98 Å². The second-order valence-corrected chi connectivity index (χ2v) is 7.48. The van der Waals surface area contributed by atoms with Crippen LogP contribution >= 0.6 is 11.3 Å². The normalized spacial score (nSPS) is 15.0. The van der Waals surface area contributed by atoms with Crippen molar-refractivity contribution in [3.63, 3.8) is 0 Å². The lowest BCUT2D eigenvalue weighted by molar-refractivity contribution is 0.0970. The third-order valence-corrected chi connectivity index (χ3v) is 5.87. The molecule has 3 N–H and O–H groups in total. The number of rotatable bonds is 2. The average molecular weight is 381 g/mol. The van der Waals surface area contributed by atoms with Crippen molar-refractivity contribution in [1.82, 2.24) is 4.98 Å². The van der Waals surface area contributed by atoms with Crippen LogP contribution in [0.1, 0.15) is 38.6 Å². The van der Waals surface area contributed by atoms with Crippen molar-refractivity contribution in [1.29, 1.82) is 0 Å². The molecule has 3 aromatic rings. The predicted molar refractivity (Wildman–Crippen MR) is 102 cm³/mol. The van der Waals surface area contributed by atoms with Gasteiger partial charge < -0.3 is 20.5 Å². The number of hydrogen-bond acceptors (Lipinski definition) is 7. The van der Waals surface area contributed by atoms with Gasteiger partial charge in [-0.2, -0.15) is 0 Å². The first-order chi connectivity index (χ1) is 13.1. The summed E-state index contributed by atoms with van der Waals surface area (Å²) in [7, 11) is 0. The smallest absolute Gasteiger partial charge is 0.267 e. The van der Waals surface area contributed by atoms with Crippen molar-refractivity contribution in [3.05, 3.63) is 40.4 Å². The zero-order chi connectivity index (χ0) is 18.5. The molecular formula is C19H15N3O4S. The first-order valence-electron chi connectivity index (χ1n) is 8.56. The molecule has 1 aliphatic heterocycles. The van der Waals surface area contributed by atoms with Crippen LogP contribution in [0.3, 0.4) is 0 Å². The summed E-state index contributed by atoms with van der Waals surface area (Å²) in [6.45, 7) is 0.172. The van der Waals surface area contributed by atoms with E-state index in [0.29, 0.717) is 50.0 Å². The molecule has 0 unspecified atom stereocenters. The Morgan fingerprint density at radius 1 is 1.19 bits per heavy atom. The van der Waals surface area contributed by atoms with E-state index in [1.165, 1.54) is 11.3 Å². The van der Waals surface area contributed by atoms with Gasteiger partial charge in [-0.3, -0.25) is 9.59 Å². The van der Waals surface area contributed by atoms with Crippen LogP contribution in [0.5, 0.6) is 11.5 Å². The van der Waals surface area contributed by atoms with Crippen molar-refractivity contribution in [2.75, 3.05) is 17.8 Å². The van der Waals surface area contributed by atoms with E-state index in [1.807, 2.05) is 0 Å². The van der Waals surface area contributed by atoms with E-state index in [1.54, 1.807) is 24.3 Å². The SMILES string of the molecule is Nc1c(C(=O)Nc2ccc3c(c2)OCO3)sc2nc3c(cc12)C(=O)CCC3. The maximum absolute atomic E-state index is 12.7. The van der Waals surface area contributed by atoms with Crippen molar-refractivity contribution in [2.24, 2.45) is 0 Å². The van der Waals surface area contributed by atoms with Gasteiger partial charge in [-0.1, -0.05) is 0 Å². The maximum Gasteiger partial charge on any atom is 0.267 e. The Bertz CT molecular complexity index is 1120. The molecule has 0 radical (unpaired) electrons. The first kappa shape index (κ1) is 16.1. The number of benzene rings is 1. The van der Waals surface area contributed by atoms with Crippen molar-refractivity contribution in [2.45, 2.75) is 19.3 Å². The molecule has 27 heavy (non-hydrogen) atoms. The number of carbonyl (C=O) groups is 2. The number of thiophene rings is 1. The number of hydrogen-bond donors (Lipinski definition) is 2. The molecule has 5 rings (SSSR count). The number of fused-ring (bicyclic) bond motifs is 3. The fourth-order valence-electron chi connectivity index (χ4n) is 3.39. The Balaban J connectivity index is 1.50. The standard InChI is InChI=1S/C19H15N3O4S/c20-16-11-7-10-12(2-1-3-13(10)23)22-19(11)27-17(16)18(24)21-9-4-5-14-15(6-9)26-8-25-14/h4-7H,1-3,8,20H2,(H,21,24). The average Bonchev–Trinajstić information content (AvgIpc) is 3.25. The fraction of sp³-hybridized carbons (Fsp3) is 0.211. The lowest BCUT2D eigenvalue weighted by Crippen LogP contribution is -2.12. The number of nitrogens with zero attached hydrogens (tertiary/aromatic N) is 1. The number of nitrogens with one attached hydrogen (secondary N) is 1. The van der Waals surface area contributed by atoms with Gasteiger partial charge in [0.1, 0.15) is 9.71 Å². The number of anilines is 2. The van der Waals surface area contributed by atoms with E-state index in [-0.39, 0.29) is 18.5 Å². The lowest BCUT2D eigenvalue weighted by Gasteiger charge is -2.13. The van der Waals surface area contributed by atoms with Gasteiger partial charge in [-0.05, 0) is 31.0 Å². The van der Waals surface area contributed by atoms with Gasteiger partial charge in [0.15, 0.2) is 17.3 Å². The van der Waals surface area contributed by atoms with E-state index in [2.05, 4.69) is 10.3 Å². The summed E-state index contributed by atoms with van der Waals surface area (Å²) < 4.78 is 10.6. The van der Waals surface area contributed by atoms with E-state index < -0.39 is 0 Å². The molecule has 2 aliphatic rings. The summed E-state index contributed by atoms with van der Waals surface area (Å²) in [6.07, 6.45) is 2.11. The van der Waals surface area contributed by atoms with Crippen LogP contribution in [0.2, 0.25) is 0 Å². The highest BCUT2D eigenvalue weighted by Crippen LogP contribution is 2.37. The Morgan fingerprint density at radius 2 is 2.04 bits per heavy atom. The van der Waals surface area contributed by atoms with Crippen LogP contribution in [-0.4, -0.2) is 23.5 Å². The van der Waals surface area contributed by atoms with Gasteiger partial charge in [0, 0.05) is 29.1 Å². The molecule has 1 aromatic carbocycles. The van der Waals surface area contributed by atoms with E-state index >= 15 is 0 Å². The number of amides is 1. The molecule has 3 heterocycles. The number of Topliss-reactive ketones (excluding diaryl/α,β-unsaturated/α-hetero) is 1.